The molecule has 0 bridgehead atoms. The highest BCUT2D eigenvalue weighted by atomic mass is 32.2. The van der Waals surface area contributed by atoms with Crippen LogP contribution in [0.25, 0.3) is 31.8 Å². The van der Waals surface area contributed by atoms with E-state index in [0.717, 1.165) is 38.2 Å². The minimum atomic E-state index is -0.493. The highest BCUT2D eigenvalue weighted by Gasteiger charge is 2.21. The SMILES string of the molecule is CCOC(=O)c1cc(-c2ccccc2)sc1NC(=O)CSc1nc2sc(C)c(-c3ccccc3)c2c(=O)[nH]1. The first kappa shape index (κ1) is 25.9. The lowest BCUT2D eigenvalue weighted by atomic mass is 10.0. The molecule has 0 saturated carbocycles. The zero-order chi connectivity index (χ0) is 26.6. The molecule has 1 amide bonds. The van der Waals surface area contributed by atoms with Crippen molar-refractivity contribution in [2.24, 2.45) is 0 Å². The maximum atomic E-state index is 13.0. The number of thiophene rings is 2. The van der Waals surface area contributed by atoms with Gasteiger partial charge in [-0.2, -0.15) is 0 Å². The Morgan fingerprint density at radius 3 is 2.39 bits per heavy atom. The van der Waals surface area contributed by atoms with Crippen molar-refractivity contribution < 1.29 is 14.3 Å². The van der Waals surface area contributed by atoms with Crippen LogP contribution in [0.1, 0.15) is 22.2 Å². The number of benzene rings is 2. The van der Waals surface area contributed by atoms with Gasteiger partial charge in [0.1, 0.15) is 9.83 Å². The van der Waals surface area contributed by atoms with Crippen molar-refractivity contribution in [3.63, 3.8) is 0 Å². The van der Waals surface area contributed by atoms with Crippen LogP contribution in [-0.4, -0.2) is 34.2 Å². The number of carbonyl (C=O) groups excluding carboxylic acids is 2. The molecule has 7 nitrogen and oxygen atoms in total. The second-order valence-corrected chi connectivity index (χ2v) is 11.4. The average Bonchev–Trinajstić information content (AvgIpc) is 3.49. The Kier molecular flexibility index (Phi) is 7.73. The molecule has 0 spiro atoms. The summed E-state index contributed by atoms with van der Waals surface area (Å²) in [6, 6.07) is 21.1. The molecule has 0 unspecified atom stereocenters. The molecule has 3 heterocycles. The number of carbonyl (C=O) groups is 2. The number of aryl methyl sites for hydroxylation is 1. The van der Waals surface area contributed by atoms with Crippen molar-refractivity contribution in [1.82, 2.24) is 9.97 Å². The van der Waals surface area contributed by atoms with Crippen LogP contribution in [0.5, 0.6) is 0 Å². The molecule has 3 aromatic heterocycles. The summed E-state index contributed by atoms with van der Waals surface area (Å²) < 4.78 is 5.19. The smallest absolute Gasteiger partial charge is 0.341 e. The first-order chi connectivity index (χ1) is 18.4. The van der Waals surface area contributed by atoms with Gasteiger partial charge in [-0.25, -0.2) is 9.78 Å². The first-order valence-corrected chi connectivity index (χ1v) is 14.4. The minimum absolute atomic E-state index is 0.00514. The summed E-state index contributed by atoms with van der Waals surface area (Å²) in [5.41, 5.74) is 2.86. The van der Waals surface area contributed by atoms with Crippen molar-refractivity contribution in [2.75, 3.05) is 17.7 Å². The van der Waals surface area contributed by atoms with Gasteiger partial charge < -0.3 is 15.0 Å². The summed E-state index contributed by atoms with van der Waals surface area (Å²) in [5.74, 6) is -0.810. The standard InChI is InChI=1S/C28H23N3O4S3/c1-3-35-27(34)19-14-20(17-10-6-4-7-11-17)38-25(19)29-21(32)15-36-28-30-24(33)23-22(16(2)37-26(23)31-28)18-12-8-5-9-13-18/h4-14H,3,15H2,1-2H3,(H,29,32)(H,30,31,33). The molecule has 10 heteroatoms. The van der Waals surface area contributed by atoms with Gasteiger partial charge in [-0.3, -0.25) is 9.59 Å². The number of nitrogens with one attached hydrogen (secondary N) is 2. The molecule has 0 fully saturated rings. The third kappa shape index (κ3) is 5.42. The van der Waals surface area contributed by atoms with Crippen LogP contribution < -0.4 is 10.9 Å². The zero-order valence-corrected chi connectivity index (χ0v) is 23.0. The van der Waals surface area contributed by atoms with E-state index in [2.05, 4.69) is 15.3 Å². The highest BCUT2D eigenvalue weighted by Crippen LogP contribution is 2.37. The van der Waals surface area contributed by atoms with Gasteiger partial charge in [0, 0.05) is 15.3 Å². The predicted molar refractivity (Wildman–Crippen MR) is 155 cm³/mol. The fourth-order valence-corrected chi connectivity index (χ4v) is 6.84. The zero-order valence-electron chi connectivity index (χ0n) is 20.6. The van der Waals surface area contributed by atoms with Crippen molar-refractivity contribution in [2.45, 2.75) is 19.0 Å². The van der Waals surface area contributed by atoms with Gasteiger partial charge >= 0.3 is 5.97 Å². The molecule has 0 saturated heterocycles. The van der Waals surface area contributed by atoms with Crippen molar-refractivity contribution in [3.05, 3.63) is 87.5 Å². The van der Waals surface area contributed by atoms with Crippen molar-refractivity contribution in [1.29, 1.82) is 0 Å². The van der Waals surface area contributed by atoms with Gasteiger partial charge in [0.2, 0.25) is 5.91 Å². The quantitative estimate of drug-likeness (QED) is 0.126. The largest absolute Gasteiger partial charge is 0.462 e. The second kappa shape index (κ2) is 11.3. The second-order valence-electron chi connectivity index (χ2n) is 8.23. The first-order valence-electron chi connectivity index (χ1n) is 11.8. The number of hydrogen-bond donors (Lipinski definition) is 2. The molecule has 5 aromatic rings. The normalized spacial score (nSPS) is 11.0. The predicted octanol–water partition coefficient (Wildman–Crippen LogP) is 6.60. The maximum absolute atomic E-state index is 13.0. The number of H-pyrrole nitrogens is 1. The fourth-order valence-electron chi connectivity index (χ4n) is 4.01. The molecular formula is C28H23N3O4S3. The molecule has 0 aliphatic heterocycles. The van der Waals surface area contributed by atoms with E-state index in [1.165, 1.54) is 22.7 Å². The van der Waals surface area contributed by atoms with Crippen LogP contribution in [0.4, 0.5) is 5.00 Å². The lowest BCUT2D eigenvalue weighted by Crippen LogP contribution is -2.17. The number of ether oxygens (including phenoxy) is 1. The number of nitrogens with zero attached hydrogens (tertiary/aromatic N) is 1. The summed E-state index contributed by atoms with van der Waals surface area (Å²) in [5, 5.41) is 4.18. The molecule has 0 aliphatic rings. The number of anilines is 1. The van der Waals surface area contributed by atoms with Crippen LogP contribution in [0, 0.1) is 6.92 Å². The summed E-state index contributed by atoms with van der Waals surface area (Å²) in [6.45, 7) is 3.94. The van der Waals surface area contributed by atoms with E-state index in [4.69, 9.17) is 4.74 Å². The third-order valence-corrected chi connectivity index (χ3v) is 8.63. The van der Waals surface area contributed by atoms with Gasteiger partial charge in [-0.1, -0.05) is 72.4 Å². The van der Waals surface area contributed by atoms with E-state index in [9.17, 15) is 14.4 Å². The van der Waals surface area contributed by atoms with Crippen LogP contribution in [0.2, 0.25) is 0 Å². The lowest BCUT2D eigenvalue weighted by molar-refractivity contribution is -0.113. The van der Waals surface area contributed by atoms with Crippen molar-refractivity contribution >= 4 is 61.5 Å². The number of aromatic amines is 1. The number of fused-ring (bicyclic) bond motifs is 1. The number of amides is 1. The number of hydrogen-bond acceptors (Lipinski definition) is 8. The van der Waals surface area contributed by atoms with Gasteiger partial charge in [0.25, 0.3) is 5.56 Å². The average molecular weight is 562 g/mol. The van der Waals surface area contributed by atoms with Crippen LogP contribution >= 0.6 is 34.4 Å². The molecule has 0 aliphatic carbocycles. The molecule has 2 N–H and O–H groups in total. The summed E-state index contributed by atoms with van der Waals surface area (Å²) in [4.78, 5) is 48.3. The Morgan fingerprint density at radius 2 is 1.71 bits per heavy atom. The van der Waals surface area contributed by atoms with Gasteiger partial charge in [-0.05, 0) is 31.0 Å². The van der Waals surface area contributed by atoms with Gasteiger partial charge in [0.15, 0.2) is 5.16 Å². The molecule has 38 heavy (non-hydrogen) atoms. The van der Waals surface area contributed by atoms with Crippen LogP contribution in [0.15, 0.2) is 76.7 Å². The molecule has 0 radical (unpaired) electrons. The minimum Gasteiger partial charge on any atom is -0.462 e. The third-order valence-electron chi connectivity index (χ3n) is 5.66. The summed E-state index contributed by atoms with van der Waals surface area (Å²) in [6.07, 6.45) is 0. The Labute approximate surface area is 230 Å². The van der Waals surface area contributed by atoms with E-state index in [1.807, 2.05) is 67.6 Å². The van der Waals surface area contributed by atoms with Crippen LogP contribution in [-0.2, 0) is 9.53 Å². The van der Waals surface area contributed by atoms with Gasteiger partial charge in [-0.15, -0.1) is 22.7 Å². The van der Waals surface area contributed by atoms with Crippen molar-refractivity contribution in [3.8, 4) is 21.6 Å². The van der Waals surface area contributed by atoms with Gasteiger partial charge in [0.05, 0.1) is 23.3 Å². The fraction of sp³-hybridized carbons (Fsp3) is 0.143. The highest BCUT2D eigenvalue weighted by molar-refractivity contribution is 7.99. The van der Waals surface area contributed by atoms with E-state index in [-0.39, 0.29) is 23.8 Å². The molecule has 5 rings (SSSR count). The number of esters is 1. The molecule has 192 valence electrons. The summed E-state index contributed by atoms with van der Waals surface area (Å²) in [7, 11) is 0. The maximum Gasteiger partial charge on any atom is 0.341 e. The van der Waals surface area contributed by atoms with Crippen LogP contribution in [0.3, 0.4) is 0 Å². The van der Waals surface area contributed by atoms with E-state index in [1.54, 1.807) is 13.0 Å². The number of rotatable bonds is 8. The molecular weight excluding hydrogens is 539 g/mol. The molecule has 0 atom stereocenters. The number of aromatic nitrogens is 2. The Hall–Kier alpha value is -3.73. The molecule has 2 aromatic carbocycles. The van der Waals surface area contributed by atoms with E-state index >= 15 is 0 Å². The van der Waals surface area contributed by atoms with E-state index < -0.39 is 5.97 Å². The van der Waals surface area contributed by atoms with E-state index in [0.29, 0.717) is 25.9 Å². The number of thioether (sulfide) groups is 1. The monoisotopic (exact) mass is 561 g/mol. The Morgan fingerprint density at radius 1 is 1.03 bits per heavy atom. The topological polar surface area (TPSA) is 101 Å². The Balaban J connectivity index is 1.35. The summed E-state index contributed by atoms with van der Waals surface area (Å²) >= 11 is 3.90. The lowest BCUT2D eigenvalue weighted by Gasteiger charge is -2.06. The Bertz CT molecular complexity index is 1670.